The molecule has 1 aliphatic rings. The van der Waals surface area contributed by atoms with Gasteiger partial charge in [-0.3, -0.25) is 9.69 Å². The summed E-state index contributed by atoms with van der Waals surface area (Å²) in [5.41, 5.74) is 2.58. The number of methoxy groups -OCH3 is 1. The average molecular weight is 411 g/mol. The van der Waals surface area contributed by atoms with E-state index in [2.05, 4.69) is 59.0 Å². The minimum Gasteiger partial charge on any atom is -0.469 e. The number of aryl methyl sites for hydroxylation is 2. The Hall–Kier alpha value is -2.51. The molecule has 0 atom stereocenters. The zero-order valence-corrected chi connectivity index (χ0v) is 18.0. The monoisotopic (exact) mass is 410 g/mol. The van der Waals surface area contributed by atoms with Crippen LogP contribution in [-0.2, 0) is 22.5 Å². The van der Waals surface area contributed by atoms with E-state index in [0.29, 0.717) is 5.82 Å². The lowest BCUT2D eigenvalue weighted by atomic mass is 10.1. The number of hydrogen-bond donors (Lipinski definition) is 0. The molecule has 0 bridgehead atoms. The summed E-state index contributed by atoms with van der Waals surface area (Å²) in [4.78, 5) is 28.2. The quantitative estimate of drug-likeness (QED) is 0.601. The Labute approximate surface area is 175 Å². The lowest BCUT2D eigenvalue weighted by Crippen LogP contribution is -2.46. The summed E-state index contributed by atoms with van der Waals surface area (Å²) in [5.74, 6) is 1.18. The van der Waals surface area contributed by atoms with E-state index in [1.54, 1.807) is 11.3 Å². The minimum absolute atomic E-state index is 0.101. The number of aromatic nitrogens is 2. The first-order valence-corrected chi connectivity index (χ1v) is 10.7. The first-order chi connectivity index (χ1) is 14.0. The van der Waals surface area contributed by atoms with Gasteiger partial charge in [-0.25, -0.2) is 9.97 Å². The first kappa shape index (κ1) is 19.8. The molecule has 29 heavy (non-hydrogen) atoms. The van der Waals surface area contributed by atoms with E-state index in [-0.39, 0.29) is 12.4 Å². The van der Waals surface area contributed by atoms with Crippen molar-refractivity contribution in [1.29, 1.82) is 0 Å². The number of esters is 1. The number of benzene rings is 1. The van der Waals surface area contributed by atoms with Gasteiger partial charge in [0.05, 0.1) is 12.5 Å². The molecule has 0 N–H and O–H groups in total. The fraction of sp³-hybridized carbons (Fsp3) is 0.409. The van der Waals surface area contributed by atoms with Gasteiger partial charge in [-0.2, -0.15) is 0 Å². The van der Waals surface area contributed by atoms with E-state index >= 15 is 0 Å². The van der Waals surface area contributed by atoms with Crippen LogP contribution in [0.5, 0.6) is 0 Å². The van der Waals surface area contributed by atoms with Crippen LogP contribution in [0.25, 0.3) is 10.2 Å². The van der Waals surface area contributed by atoms with Crippen molar-refractivity contribution < 1.29 is 9.53 Å². The Morgan fingerprint density at radius 2 is 1.83 bits per heavy atom. The van der Waals surface area contributed by atoms with Crippen molar-refractivity contribution in [3.05, 3.63) is 52.2 Å². The van der Waals surface area contributed by atoms with Crippen molar-refractivity contribution >= 4 is 33.3 Å². The maximum absolute atomic E-state index is 11.8. The maximum atomic E-state index is 11.8. The predicted molar refractivity (Wildman–Crippen MR) is 117 cm³/mol. The minimum atomic E-state index is -0.312. The number of hydrogen-bond acceptors (Lipinski definition) is 7. The first-order valence-electron chi connectivity index (χ1n) is 9.90. The highest BCUT2D eigenvalue weighted by atomic mass is 32.1. The molecule has 1 fully saturated rings. The molecule has 0 radical (unpaired) electrons. The highest BCUT2D eigenvalue weighted by molar-refractivity contribution is 7.18. The Morgan fingerprint density at radius 1 is 1.10 bits per heavy atom. The zero-order valence-electron chi connectivity index (χ0n) is 17.1. The van der Waals surface area contributed by atoms with E-state index in [1.807, 2.05) is 0 Å². The summed E-state index contributed by atoms with van der Waals surface area (Å²) in [6.07, 6.45) is 0.101. The third-order valence-corrected chi connectivity index (χ3v) is 6.61. The number of nitrogens with zero attached hydrogens (tertiary/aromatic N) is 4. The lowest BCUT2D eigenvalue weighted by Gasteiger charge is -2.36. The number of fused-ring (bicyclic) bond motifs is 1. The van der Waals surface area contributed by atoms with Crippen LogP contribution in [0.15, 0.2) is 30.3 Å². The Kier molecular flexibility index (Phi) is 5.78. The van der Waals surface area contributed by atoms with Gasteiger partial charge in [0.2, 0.25) is 0 Å². The molecule has 3 aromatic rings. The highest BCUT2D eigenvalue weighted by Gasteiger charge is 2.24. The summed E-state index contributed by atoms with van der Waals surface area (Å²) < 4.78 is 4.82. The van der Waals surface area contributed by atoms with Crippen LogP contribution in [-0.4, -0.2) is 54.1 Å². The molecule has 1 aliphatic heterocycles. The SMILES string of the molecule is COC(=O)Cc1nc(N2CCN(Cc3ccccc3)CC2)c2c(C)c(C)sc2n1. The van der Waals surface area contributed by atoms with E-state index in [4.69, 9.17) is 9.72 Å². The van der Waals surface area contributed by atoms with Gasteiger partial charge >= 0.3 is 5.97 Å². The molecule has 0 aliphatic carbocycles. The summed E-state index contributed by atoms with van der Waals surface area (Å²) in [7, 11) is 1.40. The largest absolute Gasteiger partial charge is 0.469 e. The molecule has 1 aromatic carbocycles. The van der Waals surface area contributed by atoms with Crippen molar-refractivity contribution in [3.8, 4) is 0 Å². The Balaban J connectivity index is 1.57. The smallest absolute Gasteiger partial charge is 0.313 e. The summed E-state index contributed by atoms with van der Waals surface area (Å²) in [5, 5.41) is 1.12. The van der Waals surface area contributed by atoms with Gasteiger partial charge in [-0.05, 0) is 25.0 Å². The number of ether oxygens (including phenoxy) is 1. The van der Waals surface area contributed by atoms with Crippen molar-refractivity contribution in [1.82, 2.24) is 14.9 Å². The van der Waals surface area contributed by atoms with Crippen molar-refractivity contribution in [2.45, 2.75) is 26.8 Å². The molecule has 0 spiro atoms. The molecule has 3 heterocycles. The van der Waals surface area contributed by atoms with Crippen LogP contribution in [0.3, 0.4) is 0 Å². The standard InChI is InChI=1S/C22H26N4O2S/c1-15-16(2)29-22-20(15)21(23-18(24-22)13-19(27)28-3)26-11-9-25(10-12-26)14-17-7-5-4-6-8-17/h4-8H,9-14H2,1-3H3. The van der Waals surface area contributed by atoms with Crippen molar-refractivity contribution in [2.75, 3.05) is 38.2 Å². The van der Waals surface area contributed by atoms with Crippen molar-refractivity contribution in [3.63, 3.8) is 0 Å². The fourth-order valence-corrected chi connectivity index (χ4v) is 4.78. The van der Waals surface area contributed by atoms with E-state index in [1.165, 1.54) is 23.1 Å². The van der Waals surface area contributed by atoms with Crippen LogP contribution < -0.4 is 4.90 Å². The predicted octanol–water partition coefficient (Wildman–Crippen LogP) is 3.35. The lowest BCUT2D eigenvalue weighted by molar-refractivity contribution is -0.139. The molecular weight excluding hydrogens is 384 g/mol. The van der Waals surface area contributed by atoms with Gasteiger partial charge < -0.3 is 9.64 Å². The second-order valence-corrected chi connectivity index (χ2v) is 8.63. The molecule has 152 valence electrons. The van der Waals surface area contributed by atoms with Gasteiger partial charge in [-0.1, -0.05) is 30.3 Å². The van der Waals surface area contributed by atoms with Gasteiger partial charge in [0.15, 0.2) is 0 Å². The van der Waals surface area contributed by atoms with Crippen LogP contribution in [0, 0.1) is 13.8 Å². The number of carbonyl (C=O) groups excluding carboxylic acids is 1. The molecule has 0 saturated carbocycles. The van der Waals surface area contributed by atoms with Gasteiger partial charge in [-0.15, -0.1) is 11.3 Å². The highest BCUT2D eigenvalue weighted by Crippen LogP contribution is 2.35. The fourth-order valence-electron chi connectivity index (χ4n) is 3.74. The third-order valence-electron chi connectivity index (χ3n) is 5.51. The second kappa shape index (κ2) is 8.47. The van der Waals surface area contributed by atoms with Crippen molar-refractivity contribution in [2.24, 2.45) is 0 Å². The molecule has 0 amide bonds. The van der Waals surface area contributed by atoms with Crippen LogP contribution >= 0.6 is 11.3 Å². The summed E-state index contributed by atoms with van der Waals surface area (Å²) in [6.45, 7) is 8.99. The number of thiophene rings is 1. The van der Waals surface area contributed by atoms with E-state index in [0.717, 1.165) is 48.8 Å². The number of piperazine rings is 1. The summed E-state index contributed by atoms with van der Waals surface area (Å²) in [6, 6.07) is 10.6. The summed E-state index contributed by atoms with van der Waals surface area (Å²) >= 11 is 1.67. The van der Waals surface area contributed by atoms with E-state index < -0.39 is 0 Å². The topological polar surface area (TPSA) is 58.6 Å². The molecule has 6 nitrogen and oxygen atoms in total. The molecule has 2 aromatic heterocycles. The van der Waals surface area contributed by atoms with Gasteiger partial charge in [0, 0.05) is 37.6 Å². The number of carbonyl (C=O) groups is 1. The Bertz CT molecular complexity index is 1010. The van der Waals surface area contributed by atoms with Crippen LogP contribution in [0.1, 0.15) is 21.8 Å². The van der Waals surface area contributed by atoms with Crippen LogP contribution in [0.4, 0.5) is 5.82 Å². The average Bonchev–Trinajstić information content (AvgIpc) is 3.02. The van der Waals surface area contributed by atoms with Gasteiger partial charge in [0.1, 0.15) is 22.9 Å². The molecule has 7 heteroatoms. The van der Waals surface area contributed by atoms with E-state index in [9.17, 15) is 4.79 Å². The Morgan fingerprint density at radius 3 is 2.52 bits per heavy atom. The third kappa shape index (κ3) is 4.26. The molecule has 1 saturated heterocycles. The second-order valence-electron chi connectivity index (χ2n) is 7.43. The number of rotatable bonds is 5. The van der Waals surface area contributed by atoms with Gasteiger partial charge in [0.25, 0.3) is 0 Å². The zero-order chi connectivity index (χ0) is 20.4. The van der Waals surface area contributed by atoms with Crippen LogP contribution in [0.2, 0.25) is 0 Å². The molecule has 4 rings (SSSR count). The number of anilines is 1. The molecular formula is C22H26N4O2S. The maximum Gasteiger partial charge on any atom is 0.313 e. The normalized spacial score (nSPS) is 15.1. The molecule has 0 unspecified atom stereocenters.